The highest BCUT2D eigenvalue weighted by molar-refractivity contribution is 7.99. The van der Waals surface area contributed by atoms with Crippen LogP contribution < -0.4 is 15.4 Å². The molecule has 1 aliphatic heterocycles. The molecule has 1 heterocycles. The summed E-state index contributed by atoms with van der Waals surface area (Å²) in [7, 11) is 0. The summed E-state index contributed by atoms with van der Waals surface area (Å²) in [5, 5.41) is 5.78. The van der Waals surface area contributed by atoms with Crippen LogP contribution >= 0.6 is 11.8 Å². The molecule has 6 heteroatoms. The number of benzene rings is 2. The summed E-state index contributed by atoms with van der Waals surface area (Å²) in [6.07, 6.45) is 0.453. The topological polar surface area (TPSA) is 67.4 Å². The van der Waals surface area contributed by atoms with Gasteiger partial charge in [0.05, 0.1) is 11.7 Å². The number of ether oxygens (including phenoxy) is 1. The molecule has 3 rings (SSSR count). The largest absolute Gasteiger partial charge is 0.482 e. The number of anilines is 1. The van der Waals surface area contributed by atoms with Gasteiger partial charge >= 0.3 is 0 Å². The Morgan fingerprint density at radius 2 is 2.08 bits per heavy atom. The van der Waals surface area contributed by atoms with Gasteiger partial charge in [-0.25, -0.2) is 0 Å². The summed E-state index contributed by atoms with van der Waals surface area (Å²) in [4.78, 5) is 24.7. The third-order valence-corrected chi connectivity index (χ3v) is 4.87. The Morgan fingerprint density at radius 3 is 2.88 bits per heavy atom. The number of carbonyl (C=O) groups excluding carboxylic acids is 2. The van der Waals surface area contributed by atoms with Crippen molar-refractivity contribution in [3.05, 3.63) is 54.1 Å². The number of hydrogen-bond donors (Lipinski definition) is 2. The maximum atomic E-state index is 12.1. The van der Waals surface area contributed by atoms with Crippen molar-refractivity contribution in [1.82, 2.24) is 5.32 Å². The number of amides is 2. The first-order chi connectivity index (χ1) is 12.1. The van der Waals surface area contributed by atoms with Crippen LogP contribution in [0.1, 0.15) is 24.9 Å². The second-order valence-corrected chi connectivity index (χ2v) is 6.96. The van der Waals surface area contributed by atoms with Crippen molar-refractivity contribution >= 4 is 29.3 Å². The van der Waals surface area contributed by atoms with Gasteiger partial charge in [0.25, 0.3) is 5.91 Å². The molecule has 0 bridgehead atoms. The lowest BCUT2D eigenvalue weighted by Crippen LogP contribution is -2.28. The Balaban J connectivity index is 1.51. The number of nitrogens with one attached hydrogen (secondary N) is 2. The normalized spacial score (nSPS) is 14.0. The van der Waals surface area contributed by atoms with Crippen molar-refractivity contribution < 1.29 is 14.3 Å². The molecule has 2 N–H and O–H groups in total. The second-order valence-electron chi connectivity index (χ2n) is 5.79. The Bertz CT molecular complexity index is 765. The van der Waals surface area contributed by atoms with Crippen LogP contribution in [-0.2, 0) is 9.59 Å². The molecular formula is C19H20N2O3S. The van der Waals surface area contributed by atoms with Crippen LogP contribution in [-0.4, -0.2) is 24.2 Å². The third kappa shape index (κ3) is 4.76. The zero-order valence-electron chi connectivity index (χ0n) is 14.0. The molecule has 0 radical (unpaired) electrons. The van der Waals surface area contributed by atoms with E-state index in [9.17, 15) is 9.59 Å². The van der Waals surface area contributed by atoms with Crippen LogP contribution in [0.15, 0.2) is 53.4 Å². The van der Waals surface area contributed by atoms with Gasteiger partial charge in [-0.05, 0) is 36.8 Å². The van der Waals surface area contributed by atoms with Gasteiger partial charge in [-0.2, -0.15) is 0 Å². The number of carbonyl (C=O) groups is 2. The molecule has 0 saturated carbocycles. The summed E-state index contributed by atoms with van der Waals surface area (Å²) in [5.74, 6) is 1.23. The number of hydrogen-bond acceptors (Lipinski definition) is 4. The number of rotatable bonds is 6. The Morgan fingerprint density at radius 1 is 1.28 bits per heavy atom. The standard InChI is InChI=1S/C19H20N2O3S/c1-13(14-7-8-17-16(11-14)21-19(23)12-24-17)20-18(22)9-10-25-15-5-3-2-4-6-15/h2-8,11,13H,9-10,12H2,1H3,(H,20,22)(H,21,23)/t13-/m0/s1. The van der Waals surface area contributed by atoms with E-state index in [1.807, 2.05) is 55.5 Å². The third-order valence-electron chi connectivity index (χ3n) is 3.86. The minimum Gasteiger partial charge on any atom is -0.482 e. The minimum atomic E-state index is -0.167. The molecule has 0 aromatic heterocycles. The maximum Gasteiger partial charge on any atom is 0.262 e. The molecule has 5 nitrogen and oxygen atoms in total. The van der Waals surface area contributed by atoms with E-state index in [2.05, 4.69) is 10.6 Å². The summed E-state index contributed by atoms with van der Waals surface area (Å²) < 4.78 is 5.34. The smallest absolute Gasteiger partial charge is 0.262 e. The predicted octanol–water partition coefficient (Wildman–Crippen LogP) is 3.38. The SMILES string of the molecule is C[C@H](NC(=O)CCSc1ccccc1)c1ccc2c(c1)NC(=O)CO2. The van der Waals surface area contributed by atoms with E-state index in [-0.39, 0.29) is 24.5 Å². The average Bonchev–Trinajstić information content (AvgIpc) is 2.62. The molecular weight excluding hydrogens is 336 g/mol. The molecule has 0 spiro atoms. The van der Waals surface area contributed by atoms with Gasteiger partial charge in [0.1, 0.15) is 5.75 Å². The van der Waals surface area contributed by atoms with E-state index in [1.54, 1.807) is 11.8 Å². The molecule has 2 amide bonds. The summed E-state index contributed by atoms with van der Waals surface area (Å²) in [5.41, 5.74) is 1.57. The fourth-order valence-electron chi connectivity index (χ4n) is 2.55. The monoisotopic (exact) mass is 356 g/mol. The van der Waals surface area contributed by atoms with Gasteiger partial charge in [0, 0.05) is 17.1 Å². The minimum absolute atomic E-state index is 0.00828. The summed E-state index contributed by atoms with van der Waals surface area (Å²) >= 11 is 1.67. The van der Waals surface area contributed by atoms with Gasteiger partial charge in [-0.1, -0.05) is 24.3 Å². The van der Waals surface area contributed by atoms with Crippen molar-refractivity contribution in [2.75, 3.05) is 17.7 Å². The van der Waals surface area contributed by atoms with Crippen molar-refractivity contribution in [2.24, 2.45) is 0 Å². The van der Waals surface area contributed by atoms with Gasteiger partial charge in [-0.3, -0.25) is 9.59 Å². The zero-order valence-corrected chi connectivity index (χ0v) is 14.8. The average molecular weight is 356 g/mol. The first-order valence-electron chi connectivity index (χ1n) is 8.15. The molecule has 1 aliphatic rings. The van der Waals surface area contributed by atoms with Gasteiger partial charge in [0.2, 0.25) is 5.91 Å². The van der Waals surface area contributed by atoms with Crippen LogP contribution in [0.2, 0.25) is 0 Å². The number of thioether (sulfide) groups is 1. The molecule has 0 saturated heterocycles. The van der Waals surface area contributed by atoms with E-state index in [4.69, 9.17) is 4.74 Å². The summed E-state index contributed by atoms with van der Waals surface area (Å²) in [6.45, 7) is 1.97. The molecule has 130 valence electrons. The first-order valence-corrected chi connectivity index (χ1v) is 9.14. The molecule has 2 aromatic rings. The van der Waals surface area contributed by atoms with Crippen molar-refractivity contribution in [3.63, 3.8) is 0 Å². The second kappa shape index (κ2) is 8.07. The van der Waals surface area contributed by atoms with Crippen LogP contribution in [0.5, 0.6) is 5.75 Å². The Labute approximate surface area is 151 Å². The predicted molar refractivity (Wildman–Crippen MR) is 98.9 cm³/mol. The molecule has 0 fully saturated rings. The van der Waals surface area contributed by atoms with Crippen LogP contribution in [0.4, 0.5) is 5.69 Å². The van der Waals surface area contributed by atoms with Gasteiger partial charge in [0.15, 0.2) is 6.61 Å². The van der Waals surface area contributed by atoms with Crippen molar-refractivity contribution in [1.29, 1.82) is 0 Å². The van der Waals surface area contributed by atoms with E-state index < -0.39 is 0 Å². The fourth-order valence-corrected chi connectivity index (χ4v) is 3.42. The molecule has 0 aliphatic carbocycles. The lowest BCUT2D eigenvalue weighted by molar-refractivity contribution is -0.121. The quantitative estimate of drug-likeness (QED) is 0.779. The Kier molecular flexibility index (Phi) is 5.60. The highest BCUT2D eigenvalue weighted by Crippen LogP contribution is 2.30. The lowest BCUT2D eigenvalue weighted by atomic mass is 10.1. The fraction of sp³-hybridized carbons (Fsp3) is 0.263. The zero-order chi connectivity index (χ0) is 17.6. The van der Waals surface area contributed by atoms with E-state index in [0.29, 0.717) is 17.9 Å². The lowest BCUT2D eigenvalue weighted by Gasteiger charge is -2.21. The van der Waals surface area contributed by atoms with Crippen LogP contribution in [0.3, 0.4) is 0 Å². The molecule has 1 atom stereocenters. The maximum absolute atomic E-state index is 12.1. The van der Waals surface area contributed by atoms with E-state index in [0.717, 1.165) is 16.2 Å². The molecule has 25 heavy (non-hydrogen) atoms. The molecule has 2 aromatic carbocycles. The molecule has 0 unspecified atom stereocenters. The number of fused-ring (bicyclic) bond motifs is 1. The van der Waals surface area contributed by atoms with E-state index in [1.165, 1.54) is 0 Å². The van der Waals surface area contributed by atoms with Crippen molar-refractivity contribution in [3.8, 4) is 5.75 Å². The van der Waals surface area contributed by atoms with Crippen molar-refractivity contribution in [2.45, 2.75) is 24.3 Å². The van der Waals surface area contributed by atoms with Gasteiger partial charge < -0.3 is 15.4 Å². The van der Waals surface area contributed by atoms with Crippen LogP contribution in [0.25, 0.3) is 0 Å². The van der Waals surface area contributed by atoms with E-state index >= 15 is 0 Å². The summed E-state index contributed by atoms with van der Waals surface area (Å²) in [6, 6.07) is 15.5. The first kappa shape index (κ1) is 17.4. The van der Waals surface area contributed by atoms with Gasteiger partial charge in [-0.15, -0.1) is 11.8 Å². The Hall–Kier alpha value is -2.47. The highest BCUT2D eigenvalue weighted by Gasteiger charge is 2.18. The van der Waals surface area contributed by atoms with Crippen LogP contribution in [0, 0.1) is 0 Å². The highest BCUT2D eigenvalue weighted by atomic mass is 32.2.